The Labute approximate surface area is 213 Å². The van der Waals surface area contributed by atoms with E-state index < -0.39 is 23.5 Å². The third-order valence-corrected chi connectivity index (χ3v) is 6.16. The van der Waals surface area contributed by atoms with Crippen LogP contribution in [0.15, 0.2) is 109 Å². The zero-order valence-electron chi connectivity index (χ0n) is 19.8. The molecule has 1 saturated heterocycles. The first kappa shape index (κ1) is 23.9. The van der Waals surface area contributed by atoms with E-state index in [1.807, 2.05) is 36.4 Å². The Balaban J connectivity index is 1.56. The highest BCUT2D eigenvalue weighted by molar-refractivity contribution is 6.46. The summed E-state index contributed by atoms with van der Waals surface area (Å²) < 4.78 is 19.5. The lowest BCUT2D eigenvalue weighted by Gasteiger charge is -2.25. The van der Waals surface area contributed by atoms with Crippen LogP contribution in [-0.4, -0.2) is 26.7 Å². The smallest absolute Gasteiger partial charge is 0.295 e. The summed E-state index contributed by atoms with van der Waals surface area (Å²) in [4.78, 5) is 32.0. The van der Waals surface area contributed by atoms with Crippen molar-refractivity contribution >= 4 is 17.4 Å². The summed E-state index contributed by atoms with van der Waals surface area (Å²) in [6, 6.07) is 24.6. The van der Waals surface area contributed by atoms with Crippen molar-refractivity contribution in [2.75, 3.05) is 0 Å². The molecule has 37 heavy (non-hydrogen) atoms. The molecule has 7 heteroatoms. The van der Waals surface area contributed by atoms with Crippen LogP contribution in [0.4, 0.5) is 4.39 Å². The standard InChI is InChI=1S/C30H23FN2O4/c31-24-13-11-22(12-14-24)28(34)26-27(33(30(36)29(26)35)18-21-8-5-15-32-17-21)23-9-4-10-25(16-23)37-19-20-6-2-1-3-7-20/h1-17,27,34H,18-19H2/b28-26+. The molecule has 1 fully saturated rings. The first-order valence-electron chi connectivity index (χ1n) is 11.7. The first-order valence-corrected chi connectivity index (χ1v) is 11.7. The molecule has 0 saturated carbocycles. The van der Waals surface area contributed by atoms with Crippen LogP contribution in [0.1, 0.15) is 28.3 Å². The van der Waals surface area contributed by atoms with Gasteiger partial charge in [-0.3, -0.25) is 14.6 Å². The van der Waals surface area contributed by atoms with Crippen molar-refractivity contribution < 1.29 is 23.8 Å². The number of halogens is 1. The molecule has 0 aliphatic carbocycles. The van der Waals surface area contributed by atoms with E-state index in [-0.39, 0.29) is 23.4 Å². The summed E-state index contributed by atoms with van der Waals surface area (Å²) in [7, 11) is 0. The minimum absolute atomic E-state index is 0.0688. The van der Waals surface area contributed by atoms with Crippen LogP contribution >= 0.6 is 0 Å². The Bertz CT molecular complexity index is 1450. The molecule has 1 N–H and O–H groups in total. The summed E-state index contributed by atoms with van der Waals surface area (Å²) in [6.45, 7) is 0.453. The minimum Gasteiger partial charge on any atom is -0.507 e. The van der Waals surface area contributed by atoms with Gasteiger partial charge in [0.25, 0.3) is 11.7 Å². The quantitative estimate of drug-likeness (QED) is 0.211. The number of aliphatic hydroxyl groups excluding tert-OH is 1. The van der Waals surface area contributed by atoms with Gasteiger partial charge in [0, 0.05) is 24.5 Å². The number of rotatable bonds is 7. The van der Waals surface area contributed by atoms with E-state index in [0.29, 0.717) is 17.9 Å². The molecule has 2 heterocycles. The molecule has 1 unspecified atom stereocenters. The lowest BCUT2D eigenvalue weighted by atomic mass is 9.95. The number of hydrogen-bond acceptors (Lipinski definition) is 5. The number of aromatic nitrogens is 1. The van der Waals surface area contributed by atoms with Gasteiger partial charge in [0.05, 0.1) is 11.6 Å². The van der Waals surface area contributed by atoms with Crippen LogP contribution in [0.2, 0.25) is 0 Å². The Morgan fingerprint density at radius 2 is 1.68 bits per heavy atom. The van der Waals surface area contributed by atoms with E-state index in [1.165, 1.54) is 29.2 Å². The fourth-order valence-corrected chi connectivity index (χ4v) is 4.36. The van der Waals surface area contributed by atoms with Gasteiger partial charge in [0.15, 0.2) is 0 Å². The van der Waals surface area contributed by atoms with Crippen molar-refractivity contribution in [1.29, 1.82) is 0 Å². The molecule has 6 nitrogen and oxygen atoms in total. The van der Waals surface area contributed by atoms with Crippen LogP contribution in [0.5, 0.6) is 5.75 Å². The number of amides is 1. The molecule has 3 aromatic carbocycles. The molecule has 1 amide bonds. The molecule has 5 rings (SSSR count). The van der Waals surface area contributed by atoms with Gasteiger partial charge in [-0.15, -0.1) is 0 Å². The number of nitrogens with zero attached hydrogens (tertiary/aromatic N) is 2. The number of pyridine rings is 1. The number of benzene rings is 3. The number of aliphatic hydroxyl groups is 1. The average molecular weight is 495 g/mol. The SMILES string of the molecule is O=C1C(=O)N(Cc2cccnc2)C(c2cccc(OCc3ccccc3)c2)/C1=C(\O)c1ccc(F)cc1. The minimum atomic E-state index is -0.884. The highest BCUT2D eigenvalue weighted by Gasteiger charge is 2.46. The number of carbonyl (C=O) groups is 2. The number of Topliss-reactive ketones (excluding diaryl/α,β-unsaturated/α-hetero) is 1. The Hall–Kier alpha value is -4.78. The third-order valence-electron chi connectivity index (χ3n) is 6.16. The van der Waals surface area contributed by atoms with Gasteiger partial charge < -0.3 is 14.7 Å². The monoisotopic (exact) mass is 494 g/mol. The zero-order valence-corrected chi connectivity index (χ0v) is 19.8. The van der Waals surface area contributed by atoms with E-state index in [1.54, 1.807) is 42.7 Å². The first-order chi connectivity index (χ1) is 18.0. The third kappa shape index (κ3) is 5.11. The van der Waals surface area contributed by atoms with Crippen molar-refractivity contribution in [2.45, 2.75) is 19.2 Å². The lowest BCUT2D eigenvalue weighted by Crippen LogP contribution is -2.29. The highest BCUT2D eigenvalue weighted by atomic mass is 19.1. The van der Waals surface area contributed by atoms with Crippen molar-refractivity contribution in [2.24, 2.45) is 0 Å². The Kier molecular flexibility index (Phi) is 6.76. The molecule has 184 valence electrons. The number of ketones is 1. The molecule has 1 aliphatic rings. The molecular formula is C30H23FN2O4. The van der Waals surface area contributed by atoms with Gasteiger partial charge in [0.1, 0.15) is 23.9 Å². The van der Waals surface area contributed by atoms with Gasteiger partial charge in [-0.05, 0) is 59.2 Å². The van der Waals surface area contributed by atoms with Crippen molar-refractivity contribution in [1.82, 2.24) is 9.88 Å². The Morgan fingerprint density at radius 3 is 2.41 bits per heavy atom. The van der Waals surface area contributed by atoms with E-state index in [4.69, 9.17) is 4.74 Å². The number of hydrogen-bond donors (Lipinski definition) is 1. The van der Waals surface area contributed by atoms with Crippen LogP contribution in [-0.2, 0) is 22.7 Å². The number of ether oxygens (including phenoxy) is 1. The fourth-order valence-electron chi connectivity index (χ4n) is 4.36. The van der Waals surface area contributed by atoms with E-state index >= 15 is 0 Å². The second-order valence-electron chi connectivity index (χ2n) is 8.64. The average Bonchev–Trinajstić information content (AvgIpc) is 3.18. The van der Waals surface area contributed by atoms with E-state index in [9.17, 15) is 19.1 Å². The maximum absolute atomic E-state index is 13.5. The van der Waals surface area contributed by atoms with E-state index in [0.717, 1.165) is 11.1 Å². The van der Waals surface area contributed by atoms with Crippen LogP contribution in [0.3, 0.4) is 0 Å². The molecule has 0 bridgehead atoms. The molecule has 1 aliphatic heterocycles. The summed E-state index contributed by atoms with van der Waals surface area (Å²) in [5.74, 6) is -1.85. The normalized spacial score (nSPS) is 16.7. The maximum Gasteiger partial charge on any atom is 0.295 e. The van der Waals surface area contributed by atoms with Gasteiger partial charge in [-0.2, -0.15) is 0 Å². The van der Waals surface area contributed by atoms with Crippen molar-refractivity contribution in [3.8, 4) is 5.75 Å². The van der Waals surface area contributed by atoms with Gasteiger partial charge >= 0.3 is 0 Å². The van der Waals surface area contributed by atoms with Gasteiger partial charge in [-0.1, -0.05) is 48.5 Å². The molecule has 0 spiro atoms. The predicted molar refractivity (Wildman–Crippen MR) is 136 cm³/mol. The summed E-state index contributed by atoms with van der Waals surface area (Å²) >= 11 is 0. The van der Waals surface area contributed by atoms with Crippen LogP contribution in [0.25, 0.3) is 5.76 Å². The molecule has 0 radical (unpaired) electrons. The predicted octanol–water partition coefficient (Wildman–Crippen LogP) is 5.42. The second-order valence-corrected chi connectivity index (χ2v) is 8.64. The summed E-state index contributed by atoms with van der Waals surface area (Å²) in [5.41, 5.74) is 2.49. The molecule has 1 atom stereocenters. The zero-order chi connectivity index (χ0) is 25.8. The second kappa shape index (κ2) is 10.5. The topological polar surface area (TPSA) is 79.7 Å². The highest BCUT2D eigenvalue weighted by Crippen LogP contribution is 2.41. The summed E-state index contributed by atoms with van der Waals surface area (Å²) in [6.07, 6.45) is 3.24. The van der Waals surface area contributed by atoms with Gasteiger partial charge in [0.2, 0.25) is 0 Å². The number of carbonyl (C=O) groups excluding carboxylic acids is 2. The van der Waals surface area contributed by atoms with Gasteiger partial charge in [-0.25, -0.2) is 4.39 Å². The molecular weight excluding hydrogens is 471 g/mol. The van der Waals surface area contributed by atoms with Crippen molar-refractivity contribution in [3.05, 3.63) is 137 Å². The number of likely N-dealkylation sites (tertiary alicyclic amines) is 1. The largest absolute Gasteiger partial charge is 0.507 e. The Morgan fingerprint density at radius 1 is 0.919 bits per heavy atom. The van der Waals surface area contributed by atoms with Crippen LogP contribution < -0.4 is 4.74 Å². The maximum atomic E-state index is 13.5. The molecule has 4 aromatic rings. The lowest BCUT2D eigenvalue weighted by molar-refractivity contribution is -0.140. The summed E-state index contributed by atoms with van der Waals surface area (Å²) in [5, 5.41) is 11.2. The fraction of sp³-hybridized carbons (Fsp3) is 0.100. The van der Waals surface area contributed by atoms with Crippen LogP contribution in [0, 0.1) is 5.82 Å². The molecule has 1 aromatic heterocycles. The van der Waals surface area contributed by atoms with E-state index in [2.05, 4.69) is 4.98 Å². The van der Waals surface area contributed by atoms with Crippen molar-refractivity contribution in [3.63, 3.8) is 0 Å².